The molecule has 4 aliphatic carbocycles. The summed E-state index contributed by atoms with van der Waals surface area (Å²) in [4.78, 5) is 24.6. The van der Waals surface area contributed by atoms with Gasteiger partial charge in [-0.15, -0.1) is 0 Å². The van der Waals surface area contributed by atoms with Crippen LogP contribution < -0.4 is 0 Å². The second kappa shape index (κ2) is 8.07. The first-order valence-electron chi connectivity index (χ1n) is 12.5. The molecule has 4 aliphatic rings. The van der Waals surface area contributed by atoms with Gasteiger partial charge in [-0.25, -0.2) is 0 Å². The van der Waals surface area contributed by atoms with Gasteiger partial charge in [-0.05, 0) is 86.5 Å². The highest BCUT2D eigenvalue weighted by atomic mass is 19.4. The topological polar surface area (TPSA) is 54.4 Å². The monoisotopic (exact) mass is 508 g/mol. The largest absolute Gasteiger partial charge is 0.456 e. The molecule has 5 rings (SSSR count). The van der Waals surface area contributed by atoms with Crippen molar-refractivity contribution in [3.63, 3.8) is 0 Å². The Labute approximate surface area is 206 Å². The van der Waals surface area contributed by atoms with Crippen LogP contribution in [0, 0.1) is 17.3 Å². The molecule has 0 amide bonds. The molecule has 3 nitrogen and oxygen atoms in total. The Kier molecular flexibility index (Phi) is 5.67. The minimum absolute atomic E-state index is 0.0240. The Morgan fingerprint density at radius 1 is 1.03 bits per heavy atom. The van der Waals surface area contributed by atoms with Gasteiger partial charge in [0.05, 0.1) is 5.92 Å². The van der Waals surface area contributed by atoms with Gasteiger partial charge < -0.3 is 5.11 Å². The Hall–Kier alpha value is -2.35. The predicted octanol–water partition coefficient (Wildman–Crippen LogP) is 6.72. The maximum absolute atomic E-state index is 14.6. The van der Waals surface area contributed by atoms with E-state index in [0.29, 0.717) is 31.2 Å². The number of rotatable bonds is 3. The zero-order valence-corrected chi connectivity index (χ0v) is 20.2. The number of hydrogen-bond donors (Lipinski definition) is 1. The van der Waals surface area contributed by atoms with Crippen LogP contribution in [-0.2, 0) is 4.79 Å². The number of halogens is 5. The van der Waals surface area contributed by atoms with Crippen LogP contribution in [0.3, 0.4) is 0 Å². The molecule has 0 aliphatic heterocycles. The summed E-state index contributed by atoms with van der Waals surface area (Å²) in [7, 11) is 0. The van der Waals surface area contributed by atoms with Gasteiger partial charge >= 0.3 is 12.1 Å². The molecule has 0 bridgehead atoms. The normalized spacial score (nSPS) is 34.6. The third-order valence-corrected chi connectivity index (χ3v) is 9.59. The van der Waals surface area contributed by atoms with Gasteiger partial charge in [0.1, 0.15) is 5.60 Å². The number of allylic oxidation sites excluding steroid dienone is 4. The number of hydrogen-bond acceptors (Lipinski definition) is 3. The third kappa shape index (κ3) is 3.39. The molecule has 194 valence electrons. The van der Waals surface area contributed by atoms with Gasteiger partial charge in [0.25, 0.3) is 0 Å². The van der Waals surface area contributed by atoms with Crippen LogP contribution in [0.4, 0.5) is 22.0 Å². The summed E-state index contributed by atoms with van der Waals surface area (Å²) in [5, 5.41) is 11.0. The number of Topliss-reactive ketones (excluding diaryl/α,β-unsaturated/α-hetero) is 1. The highest BCUT2D eigenvalue weighted by molar-refractivity contribution is 5.99. The minimum Gasteiger partial charge on any atom is -0.383 e. The van der Waals surface area contributed by atoms with Crippen LogP contribution in [0.25, 0.3) is 0 Å². The van der Waals surface area contributed by atoms with E-state index in [1.54, 1.807) is 30.3 Å². The smallest absolute Gasteiger partial charge is 0.383 e. The van der Waals surface area contributed by atoms with Gasteiger partial charge in [0.2, 0.25) is 0 Å². The van der Waals surface area contributed by atoms with E-state index >= 15 is 0 Å². The molecular weight excluding hydrogens is 479 g/mol. The highest BCUT2D eigenvalue weighted by Gasteiger charge is 2.78. The maximum atomic E-state index is 14.6. The first kappa shape index (κ1) is 25.3. The summed E-state index contributed by atoms with van der Waals surface area (Å²) in [5.74, 6) is -6.40. The summed E-state index contributed by atoms with van der Waals surface area (Å²) >= 11 is 0. The molecular formula is C28H29F5O3. The predicted molar refractivity (Wildman–Crippen MR) is 123 cm³/mol. The lowest BCUT2D eigenvalue weighted by atomic mass is 9.54. The lowest BCUT2D eigenvalue weighted by Crippen LogP contribution is -2.64. The number of carbonyl (C=O) groups excluding carboxylic acids is 2. The molecule has 5 atom stereocenters. The lowest BCUT2D eigenvalue weighted by Gasteiger charge is -2.53. The van der Waals surface area contributed by atoms with E-state index < -0.39 is 41.4 Å². The molecule has 2 fully saturated rings. The van der Waals surface area contributed by atoms with Crippen molar-refractivity contribution in [1.82, 2.24) is 0 Å². The van der Waals surface area contributed by atoms with E-state index in [1.807, 2.05) is 0 Å². The van der Waals surface area contributed by atoms with E-state index in [-0.39, 0.29) is 30.3 Å². The Bertz CT molecular complexity index is 1180. The van der Waals surface area contributed by atoms with E-state index in [4.69, 9.17) is 0 Å². The molecule has 0 saturated heterocycles. The molecule has 8 heteroatoms. The second-order valence-electron chi connectivity index (χ2n) is 11.2. The van der Waals surface area contributed by atoms with Gasteiger partial charge in [0, 0.05) is 11.0 Å². The Morgan fingerprint density at radius 3 is 2.31 bits per heavy atom. The van der Waals surface area contributed by atoms with Crippen LogP contribution in [0.1, 0.15) is 80.6 Å². The number of carbonyl (C=O) groups is 2. The van der Waals surface area contributed by atoms with Crippen molar-refractivity contribution >= 4 is 11.6 Å². The third-order valence-electron chi connectivity index (χ3n) is 9.59. The van der Waals surface area contributed by atoms with Crippen LogP contribution in [0.5, 0.6) is 0 Å². The average Bonchev–Trinajstić information content (AvgIpc) is 3.10. The number of alkyl halides is 5. The molecule has 0 aromatic heterocycles. The molecule has 0 spiro atoms. The second-order valence-corrected chi connectivity index (χ2v) is 11.2. The van der Waals surface area contributed by atoms with Crippen molar-refractivity contribution in [2.75, 3.05) is 0 Å². The number of ketones is 2. The summed E-state index contributed by atoms with van der Waals surface area (Å²) in [6.45, 7) is 2.87. The maximum Gasteiger partial charge on any atom is 0.456 e. The summed E-state index contributed by atoms with van der Waals surface area (Å²) in [5.41, 5.74) is -0.364. The van der Waals surface area contributed by atoms with Crippen molar-refractivity contribution in [3.8, 4) is 0 Å². The van der Waals surface area contributed by atoms with E-state index in [0.717, 1.165) is 22.3 Å². The fourth-order valence-corrected chi connectivity index (χ4v) is 7.53. The molecule has 2 saturated carbocycles. The Morgan fingerprint density at radius 2 is 1.69 bits per heavy atom. The SMILES string of the molecule is CC(=O)c1ccc([C@@H]2CC3=C4CC[C@@]5(C)[C@@H](CC[C@@]5(O)C(F)(F)C(F)(F)F)[C@@H]4CCC3=CC2=O)cc1. The summed E-state index contributed by atoms with van der Waals surface area (Å²) in [6.07, 6.45) is -2.71. The van der Waals surface area contributed by atoms with Crippen molar-refractivity contribution in [3.05, 3.63) is 58.2 Å². The molecule has 0 radical (unpaired) electrons. The molecule has 0 unspecified atom stereocenters. The van der Waals surface area contributed by atoms with E-state index in [2.05, 4.69) is 0 Å². The zero-order valence-electron chi connectivity index (χ0n) is 20.2. The summed E-state index contributed by atoms with van der Waals surface area (Å²) in [6, 6.07) is 6.94. The molecule has 1 aromatic carbocycles. The fourth-order valence-electron chi connectivity index (χ4n) is 7.53. The van der Waals surface area contributed by atoms with Crippen LogP contribution >= 0.6 is 0 Å². The van der Waals surface area contributed by atoms with Gasteiger partial charge in [-0.2, -0.15) is 22.0 Å². The first-order valence-corrected chi connectivity index (χ1v) is 12.5. The zero-order chi connectivity index (χ0) is 26.3. The van der Waals surface area contributed by atoms with Gasteiger partial charge in [0.15, 0.2) is 11.6 Å². The van der Waals surface area contributed by atoms with Crippen LogP contribution in [-0.4, -0.2) is 34.4 Å². The van der Waals surface area contributed by atoms with Crippen molar-refractivity contribution < 1.29 is 36.6 Å². The van der Waals surface area contributed by atoms with Crippen LogP contribution in [0.15, 0.2) is 47.1 Å². The van der Waals surface area contributed by atoms with Crippen molar-refractivity contribution in [2.24, 2.45) is 17.3 Å². The molecule has 0 heterocycles. The lowest BCUT2D eigenvalue weighted by molar-refractivity contribution is -0.362. The first-order chi connectivity index (χ1) is 16.7. The number of benzene rings is 1. The highest BCUT2D eigenvalue weighted by Crippen LogP contribution is 2.68. The summed E-state index contributed by atoms with van der Waals surface area (Å²) < 4.78 is 69.3. The Balaban J connectivity index is 1.49. The average molecular weight is 509 g/mol. The van der Waals surface area contributed by atoms with E-state index in [1.165, 1.54) is 13.8 Å². The molecule has 1 N–H and O–H groups in total. The van der Waals surface area contributed by atoms with Crippen molar-refractivity contribution in [1.29, 1.82) is 0 Å². The van der Waals surface area contributed by atoms with E-state index in [9.17, 15) is 36.6 Å². The number of fused-ring (bicyclic) bond motifs is 4. The standard InChI is InChI=1S/C28H29F5O3/c1-15(34)16-3-5-17(6-4-16)22-14-21-18(13-24(22)35)7-8-20-19(21)9-11-25(2)23(20)10-12-26(25,36)27(29,30)28(31,32)33/h3-6,13,20,22-23,36H,7-12,14H2,1-2H3/t20-,22+,23+,25+,26+/m1/s1. The van der Waals surface area contributed by atoms with Gasteiger partial charge in [-0.1, -0.05) is 36.8 Å². The van der Waals surface area contributed by atoms with Crippen LogP contribution in [0.2, 0.25) is 0 Å². The minimum atomic E-state index is -5.82. The van der Waals surface area contributed by atoms with Gasteiger partial charge in [-0.3, -0.25) is 9.59 Å². The fraction of sp³-hybridized carbons (Fsp3) is 0.571. The molecule has 36 heavy (non-hydrogen) atoms. The number of aliphatic hydroxyl groups is 1. The quantitative estimate of drug-likeness (QED) is 0.364. The molecule has 1 aromatic rings. The van der Waals surface area contributed by atoms with Crippen molar-refractivity contribution in [2.45, 2.75) is 82.4 Å².